The van der Waals surface area contributed by atoms with Gasteiger partial charge in [-0.1, -0.05) is 63.6 Å². The van der Waals surface area contributed by atoms with Gasteiger partial charge in [-0.25, -0.2) is 4.79 Å². The normalized spacial score (nSPS) is 11.5. The third-order valence-electron chi connectivity index (χ3n) is 4.93. The summed E-state index contributed by atoms with van der Waals surface area (Å²) in [6.07, 6.45) is 10.9. The van der Waals surface area contributed by atoms with Crippen LogP contribution in [0.1, 0.15) is 68.6 Å². The van der Waals surface area contributed by atoms with Crippen LogP contribution in [0.2, 0.25) is 0 Å². The predicted molar refractivity (Wildman–Crippen MR) is 112 cm³/mol. The fourth-order valence-corrected chi connectivity index (χ4v) is 3.05. The van der Waals surface area contributed by atoms with Crippen molar-refractivity contribution in [3.05, 3.63) is 35.9 Å². The minimum Gasteiger partial charge on any atom is -0.460 e. The van der Waals surface area contributed by atoms with E-state index in [0.717, 1.165) is 11.0 Å². The summed E-state index contributed by atoms with van der Waals surface area (Å²) in [7, 11) is 4.53. The molecule has 0 saturated carbocycles. The fourth-order valence-electron chi connectivity index (χ4n) is 3.05. The largest absolute Gasteiger partial charge is 0.460 e. The second kappa shape index (κ2) is 14.6. The fraction of sp³-hybridized carbons (Fsp3) is 0.696. The summed E-state index contributed by atoms with van der Waals surface area (Å²) in [5.74, 6) is -0.287. The number of benzene rings is 1. The van der Waals surface area contributed by atoms with E-state index < -0.39 is 0 Å². The van der Waals surface area contributed by atoms with Crippen molar-refractivity contribution in [2.45, 2.75) is 58.3 Å². The van der Waals surface area contributed by atoms with E-state index in [1.807, 2.05) is 18.2 Å². The van der Waals surface area contributed by atoms with E-state index in [9.17, 15) is 4.79 Å². The summed E-state index contributed by atoms with van der Waals surface area (Å²) >= 11 is 0. The lowest BCUT2D eigenvalue weighted by atomic mass is 10.1. The Kier molecular flexibility index (Phi) is 12.8. The number of rotatable bonds is 16. The number of likely N-dealkylation sites (N-methyl/N-ethyl adjacent to an activating group) is 1. The third-order valence-corrected chi connectivity index (χ3v) is 4.93. The molecule has 0 saturated heterocycles. The zero-order valence-electron chi connectivity index (χ0n) is 17.8. The summed E-state index contributed by atoms with van der Waals surface area (Å²) in [6.45, 7) is 5.91. The minimum absolute atomic E-state index is 0.287. The van der Waals surface area contributed by atoms with E-state index in [1.165, 1.54) is 57.9 Å². The maximum absolute atomic E-state index is 11.8. The third kappa shape index (κ3) is 12.6. The van der Waals surface area contributed by atoms with Gasteiger partial charge < -0.3 is 14.0 Å². The zero-order valence-corrected chi connectivity index (χ0v) is 17.8. The van der Waals surface area contributed by atoms with Crippen molar-refractivity contribution in [2.24, 2.45) is 0 Å². The average Bonchev–Trinajstić information content (AvgIpc) is 2.67. The van der Waals surface area contributed by atoms with Crippen LogP contribution in [0, 0.1) is 0 Å². The van der Waals surface area contributed by atoms with Gasteiger partial charge in [0, 0.05) is 0 Å². The van der Waals surface area contributed by atoms with Crippen LogP contribution in [0.5, 0.6) is 0 Å². The lowest BCUT2D eigenvalue weighted by Gasteiger charge is -2.29. The predicted octanol–water partition coefficient (Wildman–Crippen LogP) is 5.08. The van der Waals surface area contributed by atoms with E-state index >= 15 is 0 Å². The monoisotopic (exact) mass is 378 g/mol. The van der Waals surface area contributed by atoms with Crippen molar-refractivity contribution in [1.29, 1.82) is 0 Å². The molecule has 0 radical (unpaired) electrons. The number of esters is 1. The molecule has 0 unspecified atom stereocenters. The standard InChI is InChI=1S/C23H40NO3/c1-4-5-6-7-8-9-10-14-17-24(2,3)18-19-26-20-21-27-23(25)22-15-12-11-13-16-22/h11-13,15-16H,4-10,14,17-21H2,1-3H3/q+1. The maximum atomic E-state index is 11.8. The molecule has 0 spiro atoms. The molecule has 27 heavy (non-hydrogen) atoms. The highest BCUT2D eigenvalue weighted by atomic mass is 16.6. The highest BCUT2D eigenvalue weighted by Gasteiger charge is 2.14. The number of hydrogen-bond donors (Lipinski definition) is 0. The van der Waals surface area contributed by atoms with Crippen LogP contribution in [-0.2, 0) is 9.47 Å². The van der Waals surface area contributed by atoms with Crippen LogP contribution in [0.4, 0.5) is 0 Å². The molecule has 0 heterocycles. The van der Waals surface area contributed by atoms with Gasteiger partial charge in [-0.05, 0) is 25.0 Å². The van der Waals surface area contributed by atoms with Gasteiger partial charge >= 0.3 is 5.97 Å². The molecule has 154 valence electrons. The number of quaternary nitrogens is 1. The molecule has 4 heteroatoms. The van der Waals surface area contributed by atoms with Gasteiger partial charge in [0.15, 0.2) is 0 Å². The molecular formula is C23H40NO3+. The van der Waals surface area contributed by atoms with E-state index in [2.05, 4.69) is 21.0 Å². The van der Waals surface area contributed by atoms with Crippen molar-refractivity contribution in [1.82, 2.24) is 0 Å². The Balaban J connectivity index is 1.97. The molecule has 0 atom stereocenters. The quantitative estimate of drug-likeness (QED) is 0.229. The van der Waals surface area contributed by atoms with Crippen LogP contribution in [-0.4, -0.2) is 57.5 Å². The molecule has 0 N–H and O–H groups in total. The smallest absolute Gasteiger partial charge is 0.338 e. The number of hydrogen-bond acceptors (Lipinski definition) is 3. The van der Waals surface area contributed by atoms with Crippen molar-refractivity contribution in [3.8, 4) is 0 Å². The van der Waals surface area contributed by atoms with E-state index in [-0.39, 0.29) is 5.97 Å². The first kappa shape index (κ1) is 23.6. The molecule has 4 nitrogen and oxygen atoms in total. The molecule has 0 amide bonds. The van der Waals surface area contributed by atoms with Gasteiger partial charge in [-0.2, -0.15) is 0 Å². The Hall–Kier alpha value is -1.39. The lowest BCUT2D eigenvalue weighted by molar-refractivity contribution is -0.891. The van der Waals surface area contributed by atoms with Crippen LogP contribution in [0.15, 0.2) is 30.3 Å². The summed E-state index contributed by atoms with van der Waals surface area (Å²) in [4.78, 5) is 11.8. The van der Waals surface area contributed by atoms with Gasteiger partial charge in [0.2, 0.25) is 0 Å². The summed E-state index contributed by atoms with van der Waals surface area (Å²) in [5.41, 5.74) is 0.584. The average molecular weight is 379 g/mol. The lowest BCUT2D eigenvalue weighted by Crippen LogP contribution is -2.43. The molecule has 1 aromatic carbocycles. The molecule has 0 aliphatic rings. The molecule has 1 rings (SSSR count). The number of ether oxygens (including phenoxy) is 2. The Labute approximate surface area is 166 Å². The summed E-state index contributed by atoms with van der Waals surface area (Å²) in [5, 5.41) is 0. The number of unbranched alkanes of at least 4 members (excludes halogenated alkanes) is 7. The number of carbonyl (C=O) groups is 1. The van der Waals surface area contributed by atoms with Crippen LogP contribution >= 0.6 is 0 Å². The van der Waals surface area contributed by atoms with Gasteiger partial charge in [-0.15, -0.1) is 0 Å². The van der Waals surface area contributed by atoms with Crippen molar-refractivity contribution in [2.75, 3.05) is 47.0 Å². The van der Waals surface area contributed by atoms with Gasteiger partial charge in [-0.3, -0.25) is 0 Å². The molecule has 0 aliphatic heterocycles. The van der Waals surface area contributed by atoms with Gasteiger partial charge in [0.05, 0.1) is 39.4 Å². The summed E-state index contributed by atoms with van der Waals surface area (Å²) < 4.78 is 11.8. The van der Waals surface area contributed by atoms with Crippen molar-refractivity contribution < 1.29 is 18.8 Å². The molecule has 0 bridgehead atoms. The van der Waals surface area contributed by atoms with E-state index in [0.29, 0.717) is 25.4 Å². The van der Waals surface area contributed by atoms with Crippen LogP contribution in [0.25, 0.3) is 0 Å². The zero-order chi connectivity index (χ0) is 19.8. The van der Waals surface area contributed by atoms with Gasteiger partial charge in [0.1, 0.15) is 13.2 Å². The second-order valence-electron chi connectivity index (χ2n) is 7.97. The highest BCUT2D eigenvalue weighted by molar-refractivity contribution is 5.89. The van der Waals surface area contributed by atoms with Gasteiger partial charge in [0.25, 0.3) is 0 Å². The Morgan fingerprint density at radius 2 is 1.44 bits per heavy atom. The maximum Gasteiger partial charge on any atom is 0.338 e. The van der Waals surface area contributed by atoms with Crippen LogP contribution in [0.3, 0.4) is 0 Å². The Morgan fingerprint density at radius 1 is 0.815 bits per heavy atom. The number of nitrogens with zero attached hydrogens (tertiary/aromatic N) is 1. The highest BCUT2D eigenvalue weighted by Crippen LogP contribution is 2.10. The van der Waals surface area contributed by atoms with Crippen molar-refractivity contribution >= 4 is 5.97 Å². The summed E-state index contributed by atoms with van der Waals surface area (Å²) in [6, 6.07) is 9.06. The first-order valence-corrected chi connectivity index (χ1v) is 10.7. The first-order chi connectivity index (χ1) is 13.0. The minimum atomic E-state index is -0.287. The number of carbonyl (C=O) groups excluding carboxylic acids is 1. The SMILES string of the molecule is CCCCCCCCCC[N+](C)(C)CCOCCOC(=O)c1ccccc1. The topological polar surface area (TPSA) is 35.5 Å². The molecule has 0 fully saturated rings. The van der Waals surface area contributed by atoms with E-state index in [4.69, 9.17) is 9.47 Å². The molecular weight excluding hydrogens is 338 g/mol. The first-order valence-electron chi connectivity index (χ1n) is 10.7. The van der Waals surface area contributed by atoms with E-state index in [1.54, 1.807) is 12.1 Å². The molecule has 0 aromatic heterocycles. The Morgan fingerprint density at radius 3 is 2.11 bits per heavy atom. The molecule has 0 aliphatic carbocycles. The molecule has 1 aromatic rings. The van der Waals surface area contributed by atoms with Crippen molar-refractivity contribution in [3.63, 3.8) is 0 Å². The van der Waals surface area contributed by atoms with Crippen LogP contribution < -0.4 is 0 Å². The Bertz CT molecular complexity index is 488. The second-order valence-corrected chi connectivity index (χ2v) is 7.97.